The molecule has 0 aliphatic heterocycles. The highest BCUT2D eigenvalue weighted by molar-refractivity contribution is 6.12. The van der Waals surface area contributed by atoms with Gasteiger partial charge in [0, 0.05) is 33.2 Å². The summed E-state index contributed by atoms with van der Waals surface area (Å²) >= 11 is 0. The van der Waals surface area contributed by atoms with Gasteiger partial charge >= 0.3 is 0 Å². The first-order valence-corrected chi connectivity index (χ1v) is 21.8. The third kappa shape index (κ3) is 6.09. The summed E-state index contributed by atoms with van der Waals surface area (Å²) in [5.41, 5.74) is 20.1. The quantitative estimate of drug-likeness (QED) is 0.160. The van der Waals surface area contributed by atoms with Crippen LogP contribution in [0, 0.1) is 0 Å². The first-order chi connectivity index (χ1) is 31.0. The Morgan fingerprint density at radius 3 is 1.63 bits per heavy atom. The molecule has 0 saturated heterocycles. The number of furan rings is 1. The maximum atomic E-state index is 6.27. The zero-order chi connectivity index (χ0) is 42.1. The van der Waals surface area contributed by atoms with Crippen LogP contribution in [0.25, 0.3) is 88.3 Å². The van der Waals surface area contributed by atoms with E-state index in [-0.39, 0.29) is 5.41 Å². The molecule has 0 N–H and O–H groups in total. The van der Waals surface area contributed by atoms with Crippen LogP contribution in [0.2, 0.25) is 0 Å². The normalized spacial score (nSPS) is 12.7. The van der Waals surface area contributed by atoms with Crippen molar-refractivity contribution in [2.24, 2.45) is 0 Å². The fourth-order valence-corrected chi connectivity index (χ4v) is 10.3. The van der Waals surface area contributed by atoms with E-state index in [4.69, 9.17) is 4.42 Å². The van der Waals surface area contributed by atoms with Gasteiger partial charge in [0.25, 0.3) is 0 Å². The Kier molecular flexibility index (Phi) is 8.55. The van der Waals surface area contributed by atoms with E-state index in [1.807, 2.05) is 12.1 Å². The van der Waals surface area contributed by atoms with Crippen LogP contribution in [0.5, 0.6) is 0 Å². The molecule has 0 spiro atoms. The highest BCUT2D eigenvalue weighted by Gasteiger charge is 2.37. The van der Waals surface area contributed by atoms with Gasteiger partial charge in [-0.1, -0.05) is 184 Å². The molecule has 0 radical (unpaired) electrons. The number of benzene rings is 10. The van der Waals surface area contributed by atoms with Gasteiger partial charge in [-0.25, -0.2) is 0 Å². The van der Waals surface area contributed by atoms with Crippen LogP contribution in [0.3, 0.4) is 0 Å². The Labute approximate surface area is 368 Å². The molecule has 1 aromatic heterocycles. The molecule has 11 aromatic rings. The Hall–Kier alpha value is -7.94. The van der Waals surface area contributed by atoms with Gasteiger partial charge in [-0.05, 0) is 132 Å². The largest absolute Gasteiger partial charge is 0.456 e. The lowest BCUT2D eigenvalue weighted by atomic mass is 9.79. The molecule has 2 heteroatoms. The molecule has 0 fully saturated rings. The van der Waals surface area contributed by atoms with E-state index in [1.165, 1.54) is 66.4 Å². The smallest absolute Gasteiger partial charge is 0.136 e. The second-order valence-electron chi connectivity index (χ2n) is 17.3. The lowest BCUT2D eigenvalue weighted by molar-refractivity contribution is 0.662. The topological polar surface area (TPSA) is 16.4 Å². The minimum atomic E-state index is -0.0990. The number of para-hydroxylation sites is 1. The van der Waals surface area contributed by atoms with Gasteiger partial charge in [-0.15, -0.1) is 0 Å². The van der Waals surface area contributed by atoms with E-state index in [0.717, 1.165) is 50.1 Å². The molecule has 0 amide bonds. The van der Waals surface area contributed by atoms with Gasteiger partial charge in [-0.3, -0.25) is 0 Å². The van der Waals surface area contributed by atoms with Crippen LogP contribution in [-0.2, 0) is 5.41 Å². The van der Waals surface area contributed by atoms with E-state index in [1.54, 1.807) is 0 Å². The number of nitrogens with zero attached hydrogens (tertiary/aromatic N) is 1. The van der Waals surface area contributed by atoms with Gasteiger partial charge in [-0.2, -0.15) is 0 Å². The molecule has 0 atom stereocenters. The fraction of sp³-hybridized carbons (Fsp3) is 0.0492. The summed E-state index contributed by atoms with van der Waals surface area (Å²) in [7, 11) is 0. The molecule has 0 unspecified atom stereocenters. The first kappa shape index (κ1) is 36.9. The summed E-state index contributed by atoms with van der Waals surface area (Å²) in [5.74, 6) is 0. The van der Waals surface area contributed by atoms with Gasteiger partial charge in [0.05, 0.1) is 0 Å². The van der Waals surface area contributed by atoms with Crippen molar-refractivity contribution >= 4 is 49.8 Å². The van der Waals surface area contributed by atoms with Crippen LogP contribution in [0.15, 0.2) is 229 Å². The van der Waals surface area contributed by atoms with Crippen LogP contribution in [0.1, 0.15) is 25.0 Å². The van der Waals surface area contributed by atoms with Crippen LogP contribution in [-0.4, -0.2) is 0 Å². The van der Waals surface area contributed by atoms with Crippen molar-refractivity contribution in [2.75, 3.05) is 4.90 Å². The minimum absolute atomic E-state index is 0.0990. The zero-order valence-corrected chi connectivity index (χ0v) is 35.2. The fourth-order valence-electron chi connectivity index (χ4n) is 10.3. The standard InChI is InChI=1S/C61H43NO/c1-61(2)56-24-7-5-18-53(56)54-23-11-22-52(60(54)61)43-31-37-48(38-32-43)62(47-35-29-42(30-36-47)51-21-12-26-58-59(51)55-19-6-8-25-57(55)63-58)46-33-27-40(28-34-46)44-15-9-16-45(39-44)50-20-10-14-41-13-3-4-17-49(41)50/h3-39H,1-2H3. The SMILES string of the molecule is CC1(C)c2ccccc2-c2cccc(-c3ccc(N(c4ccc(-c5cccc(-c6cccc7ccccc67)c5)cc4)c4ccc(-c5cccc6oc7ccccc7c56)cc4)cc3)c21. The van der Waals surface area contributed by atoms with Gasteiger partial charge in [0.15, 0.2) is 0 Å². The average molecular weight is 806 g/mol. The average Bonchev–Trinajstić information content (AvgIpc) is 3.84. The third-order valence-corrected chi connectivity index (χ3v) is 13.3. The lowest BCUT2D eigenvalue weighted by Gasteiger charge is -2.27. The number of hydrogen-bond donors (Lipinski definition) is 0. The maximum Gasteiger partial charge on any atom is 0.136 e. The highest BCUT2D eigenvalue weighted by atomic mass is 16.3. The molecule has 0 saturated carbocycles. The molecule has 1 aliphatic carbocycles. The summed E-state index contributed by atoms with van der Waals surface area (Å²) < 4.78 is 6.27. The molecule has 10 aromatic carbocycles. The maximum absolute atomic E-state index is 6.27. The minimum Gasteiger partial charge on any atom is -0.456 e. The third-order valence-electron chi connectivity index (χ3n) is 13.3. The van der Waals surface area contributed by atoms with Crippen LogP contribution < -0.4 is 4.90 Å². The second-order valence-corrected chi connectivity index (χ2v) is 17.3. The summed E-state index contributed by atoms with van der Waals surface area (Å²) in [6.07, 6.45) is 0. The van der Waals surface area contributed by atoms with Crippen molar-refractivity contribution in [1.82, 2.24) is 0 Å². The Morgan fingerprint density at radius 1 is 0.349 bits per heavy atom. The predicted molar refractivity (Wildman–Crippen MR) is 265 cm³/mol. The first-order valence-electron chi connectivity index (χ1n) is 21.8. The van der Waals surface area contributed by atoms with E-state index >= 15 is 0 Å². The summed E-state index contributed by atoms with van der Waals surface area (Å²) in [6, 6.07) is 81.5. The Morgan fingerprint density at radius 2 is 0.857 bits per heavy atom. The van der Waals surface area contributed by atoms with Gasteiger partial charge in [0.1, 0.15) is 11.2 Å². The number of anilines is 3. The predicted octanol–water partition coefficient (Wildman–Crippen LogP) is 17.2. The molecule has 63 heavy (non-hydrogen) atoms. The molecule has 1 aliphatic rings. The van der Waals surface area contributed by atoms with E-state index in [2.05, 4.69) is 231 Å². The molecule has 298 valence electrons. The molecule has 2 nitrogen and oxygen atoms in total. The van der Waals surface area contributed by atoms with Crippen molar-refractivity contribution in [3.05, 3.63) is 236 Å². The van der Waals surface area contributed by atoms with E-state index < -0.39 is 0 Å². The molecule has 1 heterocycles. The zero-order valence-electron chi connectivity index (χ0n) is 35.2. The monoisotopic (exact) mass is 805 g/mol. The van der Waals surface area contributed by atoms with Crippen molar-refractivity contribution in [1.29, 1.82) is 0 Å². The van der Waals surface area contributed by atoms with Crippen LogP contribution >= 0.6 is 0 Å². The van der Waals surface area contributed by atoms with Gasteiger partial charge in [0.2, 0.25) is 0 Å². The van der Waals surface area contributed by atoms with Crippen molar-refractivity contribution in [3.8, 4) is 55.6 Å². The van der Waals surface area contributed by atoms with Crippen molar-refractivity contribution in [3.63, 3.8) is 0 Å². The number of fused-ring (bicyclic) bond motifs is 7. The van der Waals surface area contributed by atoms with E-state index in [0.29, 0.717) is 0 Å². The van der Waals surface area contributed by atoms with Crippen molar-refractivity contribution < 1.29 is 4.42 Å². The van der Waals surface area contributed by atoms with Gasteiger partial charge < -0.3 is 9.32 Å². The molecule has 0 bridgehead atoms. The highest BCUT2D eigenvalue weighted by Crippen LogP contribution is 2.52. The Bertz CT molecular complexity index is 3510. The Balaban J connectivity index is 0.936. The van der Waals surface area contributed by atoms with E-state index in [9.17, 15) is 0 Å². The molecular weight excluding hydrogens is 763 g/mol. The second kappa shape index (κ2) is 14.6. The molecule has 12 rings (SSSR count). The summed E-state index contributed by atoms with van der Waals surface area (Å²) in [6.45, 7) is 4.72. The van der Waals surface area contributed by atoms with Crippen molar-refractivity contribution in [2.45, 2.75) is 19.3 Å². The number of rotatable bonds is 7. The summed E-state index contributed by atoms with van der Waals surface area (Å²) in [5, 5.41) is 4.79. The molecular formula is C61H43NO. The summed E-state index contributed by atoms with van der Waals surface area (Å²) in [4.78, 5) is 2.37. The van der Waals surface area contributed by atoms with Crippen LogP contribution in [0.4, 0.5) is 17.1 Å². The number of hydrogen-bond acceptors (Lipinski definition) is 2. The lowest BCUT2D eigenvalue weighted by Crippen LogP contribution is -2.16.